The van der Waals surface area contributed by atoms with Crippen molar-refractivity contribution in [1.82, 2.24) is 4.90 Å². The van der Waals surface area contributed by atoms with Crippen molar-refractivity contribution >= 4 is 27.5 Å². The van der Waals surface area contributed by atoms with E-state index in [4.69, 9.17) is 0 Å². The molecule has 1 aliphatic heterocycles. The highest BCUT2D eigenvalue weighted by Gasteiger charge is 2.30. The monoisotopic (exact) mass is 328 g/mol. The summed E-state index contributed by atoms with van der Waals surface area (Å²) >= 11 is 3.24. The highest BCUT2D eigenvalue weighted by Crippen LogP contribution is 2.27. The van der Waals surface area contributed by atoms with Crippen LogP contribution in [0.3, 0.4) is 0 Å². The lowest BCUT2D eigenvalue weighted by molar-refractivity contribution is -0.384. The van der Waals surface area contributed by atoms with Crippen LogP contribution in [0.25, 0.3) is 0 Å². The molecule has 0 aromatic heterocycles. The minimum Gasteiger partial charge on any atom is -0.394 e. The Morgan fingerprint density at radius 3 is 2.95 bits per heavy atom. The van der Waals surface area contributed by atoms with Crippen molar-refractivity contribution in [3.8, 4) is 0 Å². The SMILES string of the molecule is O=C(c1cc([N+](=O)[O-])ccc1Br)N1CCC[C@H]1CO. The number of halogens is 1. The van der Waals surface area contributed by atoms with Crippen LogP contribution in [0, 0.1) is 10.1 Å². The molecule has 0 bridgehead atoms. The average Bonchev–Trinajstić information content (AvgIpc) is 2.86. The Kier molecular flexibility index (Phi) is 4.16. The van der Waals surface area contributed by atoms with Crippen LogP contribution in [0.15, 0.2) is 22.7 Å². The summed E-state index contributed by atoms with van der Waals surface area (Å²) in [5, 5.41) is 20.0. The maximum absolute atomic E-state index is 12.4. The molecule has 19 heavy (non-hydrogen) atoms. The van der Waals surface area contributed by atoms with E-state index in [1.54, 1.807) is 4.90 Å². The van der Waals surface area contributed by atoms with Crippen LogP contribution in [0.4, 0.5) is 5.69 Å². The fraction of sp³-hybridized carbons (Fsp3) is 0.417. The predicted molar refractivity (Wildman–Crippen MR) is 71.9 cm³/mol. The van der Waals surface area contributed by atoms with E-state index in [1.807, 2.05) is 0 Å². The molecular formula is C12H13BrN2O4. The average molecular weight is 329 g/mol. The Hall–Kier alpha value is -1.47. The third kappa shape index (κ3) is 2.76. The summed E-state index contributed by atoms with van der Waals surface area (Å²) in [6, 6.07) is 3.90. The van der Waals surface area contributed by atoms with Gasteiger partial charge in [0, 0.05) is 23.2 Å². The first-order valence-corrected chi connectivity index (χ1v) is 6.69. The van der Waals surface area contributed by atoms with E-state index < -0.39 is 4.92 Å². The van der Waals surface area contributed by atoms with Crippen molar-refractivity contribution in [3.05, 3.63) is 38.3 Å². The van der Waals surface area contributed by atoms with Crippen LogP contribution in [-0.4, -0.2) is 40.0 Å². The smallest absolute Gasteiger partial charge is 0.270 e. The summed E-state index contributed by atoms with van der Waals surface area (Å²) in [5.41, 5.74) is 0.140. The van der Waals surface area contributed by atoms with E-state index >= 15 is 0 Å². The molecule has 0 radical (unpaired) electrons. The molecule has 1 saturated heterocycles. The molecule has 1 N–H and O–H groups in total. The molecule has 1 aromatic rings. The van der Waals surface area contributed by atoms with Crippen LogP contribution in [-0.2, 0) is 0 Å². The van der Waals surface area contributed by atoms with E-state index in [0.29, 0.717) is 11.0 Å². The van der Waals surface area contributed by atoms with Crippen LogP contribution >= 0.6 is 15.9 Å². The van der Waals surface area contributed by atoms with Gasteiger partial charge < -0.3 is 10.0 Å². The Labute approximate surface area is 118 Å². The lowest BCUT2D eigenvalue weighted by Gasteiger charge is -2.23. The zero-order valence-electron chi connectivity index (χ0n) is 10.1. The second kappa shape index (κ2) is 5.66. The first-order valence-electron chi connectivity index (χ1n) is 5.90. The van der Waals surface area contributed by atoms with Gasteiger partial charge in [-0.25, -0.2) is 0 Å². The second-order valence-electron chi connectivity index (χ2n) is 4.40. The largest absolute Gasteiger partial charge is 0.394 e. The van der Waals surface area contributed by atoms with Crippen LogP contribution in [0.2, 0.25) is 0 Å². The van der Waals surface area contributed by atoms with Crippen LogP contribution < -0.4 is 0 Å². The zero-order chi connectivity index (χ0) is 14.0. The van der Waals surface area contributed by atoms with Gasteiger partial charge >= 0.3 is 0 Å². The fourth-order valence-corrected chi connectivity index (χ4v) is 2.65. The van der Waals surface area contributed by atoms with Gasteiger partial charge in [-0.3, -0.25) is 14.9 Å². The Morgan fingerprint density at radius 1 is 1.58 bits per heavy atom. The maximum atomic E-state index is 12.4. The van der Waals surface area contributed by atoms with Crippen molar-refractivity contribution in [2.24, 2.45) is 0 Å². The Morgan fingerprint density at radius 2 is 2.32 bits per heavy atom. The van der Waals surface area contributed by atoms with E-state index in [0.717, 1.165) is 12.8 Å². The lowest BCUT2D eigenvalue weighted by Crippen LogP contribution is -2.37. The van der Waals surface area contributed by atoms with Crippen molar-refractivity contribution < 1.29 is 14.8 Å². The van der Waals surface area contributed by atoms with Gasteiger partial charge in [0.15, 0.2) is 0 Å². The number of nitrogens with zero attached hydrogens (tertiary/aromatic N) is 2. The van der Waals surface area contributed by atoms with Crippen molar-refractivity contribution in [3.63, 3.8) is 0 Å². The molecule has 1 amide bonds. The van der Waals surface area contributed by atoms with Crippen molar-refractivity contribution in [1.29, 1.82) is 0 Å². The third-order valence-electron chi connectivity index (χ3n) is 3.24. The maximum Gasteiger partial charge on any atom is 0.270 e. The first-order chi connectivity index (χ1) is 9.04. The molecule has 2 rings (SSSR count). The molecular weight excluding hydrogens is 316 g/mol. The number of hydrogen-bond donors (Lipinski definition) is 1. The number of rotatable bonds is 3. The number of aliphatic hydroxyl groups is 1. The molecule has 1 fully saturated rings. The van der Waals surface area contributed by atoms with Gasteiger partial charge in [-0.1, -0.05) is 0 Å². The highest BCUT2D eigenvalue weighted by molar-refractivity contribution is 9.10. The predicted octanol–water partition coefficient (Wildman–Crippen LogP) is 1.95. The number of aliphatic hydroxyl groups excluding tert-OH is 1. The minimum absolute atomic E-state index is 0.0850. The second-order valence-corrected chi connectivity index (χ2v) is 5.25. The van der Waals surface area contributed by atoms with Gasteiger partial charge in [-0.15, -0.1) is 0 Å². The fourth-order valence-electron chi connectivity index (χ4n) is 2.24. The summed E-state index contributed by atoms with van der Waals surface area (Å²) in [6.45, 7) is 0.484. The molecule has 1 aliphatic rings. The zero-order valence-corrected chi connectivity index (χ0v) is 11.7. The molecule has 102 valence electrons. The number of nitro groups is 1. The molecule has 1 aromatic carbocycles. The molecule has 0 aliphatic carbocycles. The minimum atomic E-state index is -0.531. The van der Waals surface area contributed by atoms with Crippen LogP contribution in [0.1, 0.15) is 23.2 Å². The van der Waals surface area contributed by atoms with E-state index in [-0.39, 0.29) is 29.8 Å². The number of amides is 1. The third-order valence-corrected chi connectivity index (χ3v) is 3.93. The van der Waals surface area contributed by atoms with Gasteiger partial charge in [0.25, 0.3) is 11.6 Å². The summed E-state index contributed by atoms with van der Waals surface area (Å²) in [7, 11) is 0. The highest BCUT2D eigenvalue weighted by atomic mass is 79.9. The number of carbonyl (C=O) groups excluding carboxylic acids is 1. The molecule has 0 unspecified atom stereocenters. The lowest BCUT2D eigenvalue weighted by atomic mass is 10.1. The van der Waals surface area contributed by atoms with E-state index in [1.165, 1.54) is 18.2 Å². The molecule has 1 atom stereocenters. The number of likely N-dealkylation sites (tertiary alicyclic amines) is 1. The van der Waals surface area contributed by atoms with Gasteiger partial charge in [-0.05, 0) is 34.8 Å². The number of nitro benzene ring substituents is 1. The van der Waals surface area contributed by atoms with Gasteiger partial charge in [0.2, 0.25) is 0 Å². The summed E-state index contributed by atoms with van der Waals surface area (Å²) in [6.07, 6.45) is 1.60. The molecule has 0 spiro atoms. The Bertz CT molecular complexity index is 520. The Balaban J connectivity index is 2.32. The number of non-ortho nitro benzene ring substituents is 1. The van der Waals surface area contributed by atoms with Crippen LogP contribution in [0.5, 0.6) is 0 Å². The molecule has 6 nitrogen and oxygen atoms in total. The number of benzene rings is 1. The summed E-state index contributed by atoms with van der Waals surface area (Å²) in [5.74, 6) is -0.285. The topological polar surface area (TPSA) is 83.7 Å². The van der Waals surface area contributed by atoms with Crippen molar-refractivity contribution in [2.45, 2.75) is 18.9 Å². The summed E-state index contributed by atoms with van der Waals surface area (Å²) < 4.78 is 0.520. The number of hydrogen-bond acceptors (Lipinski definition) is 4. The van der Waals surface area contributed by atoms with Gasteiger partial charge in [0.1, 0.15) is 0 Å². The molecule has 1 heterocycles. The number of carbonyl (C=O) groups is 1. The molecule has 0 saturated carbocycles. The normalized spacial score (nSPS) is 18.6. The standard InChI is InChI=1S/C12H13BrN2O4/c13-11-4-3-8(15(18)19)6-10(11)12(17)14-5-1-2-9(14)7-16/h3-4,6,9,16H,1-2,5,7H2/t9-/m0/s1. The molecule has 7 heteroatoms. The van der Waals surface area contributed by atoms with E-state index in [2.05, 4.69) is 15.9 Å². The van der Waals surface area contributed by atoms with Gasteiger partial charge in [0.05, 0.1) is 23.1 Å². The summed E-state index contributed by atoms with van der Waals surface area (Å²) in [4.78, 5) is 24.2. The van der Waals surface area contributed by atoms with Crippen molar-refractivity contribution in [2.75, 3.05) is 13.2 Å². The quantitative estimate of drug-likeness (QED) is 0.679. The van der Waals surface area contributed by atoms with Gasteiger partial charge in [-0.2, -0.15) is 0 Å². The van der Waals surface area contributed by atoms with E-state index in [9.17, 15) is 20.0 Å². The first kappa shape index (κ1) is 14.0.